The van der Waals surface area contributed by atoms with Crippen molar-refractivity contribution in [2.75, 3.05) is 25.6 Å². The molecule has 116 valence electrons. The minimum absolute atomic E-state index is 0.656. The van der Waals surface area contributed by atoms with Gasteiger partial charge in [-0.3, -0.25) is 4.90 Å². The summed E-state index contributed by atoms with van der Waals surface area (Å²) in [5.74, 6) is 1.25. The first-order valence-corrected chi connectivity index (χ1v) is 9.77. The summed E-state index contributed by atoms with van der Waals surface area (Å²) in [5, 5.41) is 3.49. The average Bonchev–Trinajstić information content (AvgIpc) is 2.76. The zero-order valence-corrected chi connectivity index (χ0v) is 15.3. The van der Waals surface area contributed by atoms with Gasteiger partial charge in [-0.1, -0.05) is 6.92 Å². The van der Waals surface area contributed by atoms with Crippen molar-refractivity contribution < 1.29 is 0 Å². The van der Waals surface area contributed by atoms with Crippen molar-refractivity contribution in [1.82, 2.24) is 10.2 Å². The van der Waals surface area contributed by atoms with Crippen LogP contribution >= 0.6 is 23.1 Å². The summed E-state index contributed by atoms with van der Waals surface area (Å²) >= 11 is 3.88. The number of thiophene rings is 1. The highest BCUT2D eigenvalue weighted by Gasteiger charge is 2.12. The van der Waals surface area contributed by atoms with Crippen molar-refractivity contribution in [3.63, 3.8) is 0 Å². The van der Waals surface area contributed by atoms with Crippen LogP contribution in [-0.2, 0) is 13.1 Å². The van der Waals surface area contributed by atoms with Crippen LogP contribution in [0, 0.1) is 6.92 Å². The zero-order valence-electron chi connectivity index (χ0n) is 13.7. The van der Waals surface area contributed by atoms with Gasteiger partial charge in [-0.05, 0) is 63.9 Å². The lowest BCUT2D eigenvalue weighted by atomic mass is 10.2. The molecule has 1 rings (SSSR count). The van der Waals surface area contributed by atoms with Crippen LogP contribution in [0.15, 0.2) is 6.07 Å². The van der Waals surface area contributed by atoms with E-state index in [4.69, 9.17) is 0 Å². The molecule has 0 radical (unpaired) electrons. The van der Waals surface area contributed by atoms with Gasteiger partial charge in [0.25, 0.3) is 0 Å². The first-order valence-electron chi connectivity index (χ1n) is 7.56. The van der Waals surface area contributed by atoms with E-state index in [2.05, 4.69) is 50.4 Å². The average molecular weight is 315 g/mol. The number of nitrogens with zero attached hydrogens (tertiary/aromatic N) is 1. The fraction of sp³-hybridized carbons (Fsp3) is 0.750. The third-order valence-corrected chi connectivity index (χ3v) is 5.45. The van der Waals surface area contributed by atoms with Crippen LogP contribution in [0.5, 0.6) is 0 Å². The topological polar surface area (TPSA) is 15.3 Å². The van der Waals surface area contributed by atoms with E-state index in [1.54, 1.807) is 0 Å². The Labute approximate surface area is 133 Å². The number of thioether (sulfide) groups is 1. The number of nitrogens with one attached hydrogen (secondary N) is 1. The van der Waals surface area contributed by atoms with Crippen LogP contribution < -0.4 is 5.32 Å². The molecule has 0 amide bonds. The largest absolute Gasteiger partial charge is 0.312 e. The third-order valence-electron chi connectivity index (χ3n) is 3.71. The lowest BCUT2D eigenvalue weighted by Gasteiger charge is -2.24. The van der Waals surface area contributed by atoms with Gasteiger partial charge in [0, 0.05) is 28.9 Å². The maximum Gasteiger partial charge on any atom is 0.0299 e. The predicted molar refractivity (Wildman–Crippen MR) is 95.0 cm³/mol. The Hall–Kier alpha value is -0.0300. The lowest BCUT2D eigenvalue weighted by molar-refractivity contribution is 0.245. The Morgan fingerprint density at radius 1 is 1.45 bits per heavy atom. The standard InChI is InChI=1S/C16H30N2S2/c1-6-8-17-11-16-10-15(14(3)20-16)12-18(4)13(2)7-9-19-5/h10,13,17H,6-9,11-12H2,1-5H3. The Morgan fingerprint density at radius 2 is 2.20 bits per heavy atom. The quantitative estimate of drug-likeness (QED) is 0.654. The molecule has 1 N–H and O–H groups in total. The monoisotopic (exact) mass is 314 g/mol. The van der Waals surface area contributed by atoms with Crippen molar-refractivity contribution in [1.29, 1.82) is 0 Å². The van der Waals surface area contributed by atoms with Crippen LogP contribution in [-0.4, -0.2) is 36.5 Å². The summed E-state index contributed by atoms with van der Waals surface area (Å²) in [6.07, 6.45) is 4.66. The van der Waals surface area contributed by atoms with Gasteiger partial charge in [0.15, 0.2) is 0 Å². The lowest BCUT2D eigenvalue weighted by Crippen LogP contribution is -2.29. The van der Waals surface area contributed by atoms with E-state index in [1.807, 2.05) is 23.1 Å². The molecule has 0 fully saturated rings. The minimum Gasteiger partial charge on any atom is -0.312 e. The number of rotatable bonds is 10. The van der Waals surface area contributed by atoms with Crippen molar-refractivity contribution in [3.05, 3.63) is 21.4 Å². The maximum absolute atomic E-state index is 3.49. The minimum atomic E-state index is 0.656. The molecule has 0 saturated heterocycles. The molecular weight excluding hydrogens is 284 g/mol. The molecule has 1 atom stereocenters. The van der Waals surface area contributed by atoms with Gasteiger partial charge >= 0.3 is 0 Å². The molecule has 2 nitrogen and oxygen atoms in total. The van der Waals surface area contributed by atoms with E-state index >= 15 is 0 Å². The van der Waals surface area contributed by atoms with Crippen LogP contribution in [0.1, 0.15) is 42.0 Å². The Kier molecular flexibility index (Phi) is 8.85. The normalized spacial score (nSPS) is 13.1. The van der Waals surface area contributed by atoms with Crippen molar-refractivity contribution in [2.24, 2.45) is 0 Å². The SMILES string of the molecule is CCCNCc1cc(CN(C)C(C)CCSC)c(C)s1. The zero-order chi connectivity index (χ0) is 15.0. The van der Waals surface area contributed by atoms with Gasteiger partial charge in [0.05, 0.1) is 0 Å². The first-order chi connectivity index (χ1) is 9.58. The predicted octanol–water partition coefficient (Wildman–Crippen LogP) is 4.13. The molecule has 0 aromatic carbocycles. The highest BCUT2D eigenvalue weighted by Crippen LogP contribution is 2.23. The van der Waals surface area contributed by atoms with Gasteiger partial charge in [0.1, 0.15) is 0 Å². The van der Waals surface area contributed by atoms with Crippen molar-refractivity contribution in [3.8, 4) is 0 Å². The molecule has 1 aromatic heterocycles. The van der Waals surface area contributed by atoms with Crippen LogP contribution in [0.25, 0.3) is 0 Å². The smallest absolute Gasteiger partial charge is 0.0299 e. The fourth-order valence-corrected chi connectivity index (χ4v) is 3.75. The molecule has 1 unspecified atom stereocenters. The fourth-order valence-electron chi connectivity index (χ4n) is 2.15. The van der Waals surface area contributed by atoms with E-state index in [-0.39, 0.29) is 0 Å². The molecule has 20 heavy (non-hydrogen) atoms. The van der Waals surface area contributed by atoms with Crippen LogP contribution in [0.4, 0.5) is 0 Å². The number of aryl methyl sites for hydroxylation is 1. The molecule has 1 aromatic rings. The number of hydrogen-bond acceptors (Lipinski definition) is 4. The Morgan fingerprint density at radius 3 is 2.85 bits per heavy atom. The summed E-state index contributed by atoms with van der Waals surface area (Å²) in [6, 6.07) is 3.05. The van der Waals surface area contributed by atoms with E-state index < -0.39 is 0 Å². The molecule has 0 bridgehead atoms. The first kappa shape index (κ1) is 18.0. The number of hydrogen-bond donors (Lipinski definition) is 1. The van der Waals surface area contributed by atoms with E-state index in [0.29, 0.717) is 6.04 Å². The summed E-state index contributed by atoms with van der Waals surface area (Å²) in [5.41, 5.74) is 1.50. The van der Waals surface area contributed by atoms with Crippen LogP contribution in [0.2, 0.25) is 0 Å². The van der Waals surface area contributed by atoms with E-state index in [0.717, 1.165) is 19.6 Å². The second-order valence-electron chi connectivity index (χ2n) is 5.52. The van der Waals surface area contributed by atoms with Crippen molar-refractivity contribution >= 4 is 23.1 Å². The molecule has 1 heterocycles. The van der Waals surface area contributed by atoms with Gasteiger partial charge in [-0.15, -0.1) is 11.3 Å². The van der Waals surface area contributed by atoms with Crippen molar-refractivity contribution in [2.45, 2.75) is 52.7 Å². The summed E-state index contributed by atoms with van der Waals surface area (Å²) in [7, 11) is 2.25. The Bertz CT molecular complexity index is 377. The molecule has 0 aliphatic rings. The summed E-state index contributed by atoms with van der Waals surface area (Å²) in [6.45, 7) is 10.0. The van der Waals surface area contributed by atoms with Crippen LogP contribution in [0.3, 0.4) is 0 Å². The van der Waals surface area contributed by atoms with E-state index in [9.17, 15) is 0 Å². The van der Waals surface area contributed by atoms with E-state index in [1.165, 1.54) is 33.9 Å². The van der Waals surface area contributed by atoms with Gasteiger partial charge in [-0.2, -0.15) is 11.8 Å². The maximum atomic E-state index is 3.49. The molecule has 0 spiro atoms. The van der Waals surface area contributed by atoms with Gasteiger partial charge in [-0.25, -0.2) is 0 Å². The second kappa shape index (κ2) is 9.82. The van der Waals surface area contributed by atoms with Gasteiger partial charge < -0.3 is 5.32 Å². The third kappa shape index (κ3) is 6.17. The molecule has 0 aliphatic heterocycles. The second-order valence-corrected chi connectivity index (χ2v) is 7.84. The Balaban J connectivity index is 2.50. The molecule has 4 heteroatoms. The molecule has 0 aliphatic carbocycles. The summed E-state index contributed by atoms with van der Waals surface area (Å²) in [4.78, 5) is 5.42. The highest BCUT2D eigenvalue weighted by molar-refractivity contribution is 7.98. The van der Waals surface area contributed by atoms with Gasteiger partial charge in [0.2, 0.25) is 0 Å². The molecular formula is C16H30N2S2. The highest BCUT2D eigenvalue weighted by atomic mass is 32.2. The molecule has 0 saturated carbocycles. The summed E-state index contributed by atoms with van der Waals surface area (Å²) < 4.78 is 0.